The summed E-state index contributed by atoms with van der Waals surface area (Å²) in [7, 11) is 1.52. The van der Waals surface area contributed by atoms with Crippen LogP contribution < -0.4 is 21.0 Å². The van der Waals surface area contributed by atoms with Gasteiger partial charge < -0.3 is 27.6 Å². The topological polar surface area (TPSA) is 102 Å². The highest BCUT2D eigenvalue weighted by molar-refractivity contribution is 9.10. The van der Waals surface area contributed by atoms with Crippen LogP contribution in [0.25, 0.3) is 111 Å². The zero-order valence-electron chi connectivity index (χ0n) is 80.4. The van der Waals surface area contributed by atoms with Gasteiger partial charge in [-0.3, -0.25) is 15.0 Å². The molecule has 0 bridgehead atoms. The monoisotopic (exact) mass is 1880 g/mol. The lowest BCUT2D eigenvalue weighted by Gasteiger charge is -2.39. The van der Waals surface area contributed by atoms with Crippen molar-refractivity contribution in [1.82, 2.24) is 15.0 Å². The summed E-state index contributed by atoms with van der Waals surface area (Å²) in [5.41, 5.74) is 39.0. The molecule has 16 heteroatoms. The van der Waals surface area contributed by atoms with Crippen LogP contribution >= 0.6 is 32.3 Å². The van der Waals surface area contributed by atoms with Gasteiger partial charge in [-0.05, 0) is 359 Å². The number of pyridine rings is 3. The van der Waals surface area contributed by atoms with E-state index in [1.807, 2.05) is 76.9 Å². The van der Waals surface area contributed by atoms with Crippen molar-refractivity contribution in [1.29, 1.82) is 0 Å². The lowest BCUT2D eigenvalue weighted by molar-refractivity contribution is 0.00578. The van der Waals surface area contributed by atoms with E-state index in [4.69, 9.17) is 23.4 Å². The molecule has 2 saturated heterocycles. The number of rotatable bonds is 16. The molecule has 0 amide bonds. The quantitative estimate of drug-likeness (QED) is 0.0528. The van der Waals surface area contributed by atoms with E-state index >= 15 is 0 Å². The molecule has 14 aromatic rings. The first-order valence-electron chi connectivity index (χ1n) is 46.6. The van der Waals surface area contributed by atoms with Gasteiger partial charge in [0.2, 0.25) is 0 Å². The molecule has 678 valence electrons. The minimum Gasteiger partial charge on any atom is -0.496 e. The smallest absolute Gasteiger partial charge is 0.495 e. The first-order valence-corrected chi connectivity index (χ1v) is 52.4. The van der Waals surface area contributed by atoms with Crippen LogP contribution in [0.2, 0.25) is 0 Å². The lowest BCUT2D eigenvalue weighted by atomic mass is 9.67. The third-order valence-corrected chi connectivity index (χ3v) is 32.6. The molecule has 1 atom stereocenters. The standard InChI is InChI=1S/C46H40N2.C30H36B2O4.C26H35OP.C14H14BrN.H2OPS2/c1-29-23-31(3)45(33(5)43(29)37-19-13-21-47-27-37)41-25-40(36-17-11-8-12-18-36)42(26-39(41)35-15-9-7-10-16-35)46-32(4)24-30(2)44(34(46)6)38-20-14-22-48-28-38;1-27(2)28(3,4)34-31(33-27)25-19-24(22-17-13-10-14-18-22)26(20-23(25)21-15-11-9-12-16-21)32-35-29(5,6)30(7,8)36-32;1-20-12-11-18-24(27-2)26(20)23-17-9-10-19-25(23)28(21-13-5-3-6-14-21)22-15-7-4-8-16-22;1-9-7-10(2)14(15)11(3)13(9)12-5-4-6-16-8-12;1-4(2)3/h7-28H,1-6H3;9-20H,1-8H3;9-12,17-19,21-22H,3-8,13-16H2,1-2H3;4-8H,1-3H3;2H2/q;;;;-1. The molecule has 3 aromatic heterocycles. The Hall–Kier alpha value is -9.65. The Balaban J connectivity index is 0.000000148. The highest BCUT2D eigenvalue weighted by Gasteiger charge is 2.55. The fraction of sp³-hybridized carbons (Fsp3) is 0.302. The maximum absolute atomic E-state index is 9.33. The van der Waals surface area contributed by atoms with Crippen molar-refractivity contribution in [2.24, 2.45) is 0 Å². The van der Waals surface area contributed by atoms with Gasteiger partial charge in [-0.15, -0.1) is 0 Å². The number of nitrogens with zero attached hydrogens (tertiary/aromatic N) is 3. The second-order valence-electron chi connectivity index (χ2n) is 37.9. The predicted molar refractivity (Wildman–Crippen MR) is 572 cm³/mol. The van der Waals surface area contributed by atoms with Gasteiger partial charge in [0.1, 0.15) is 5.75 Å². The van der Waals surface area contributed by atoms with Gasteiger partial charge in [0.25, 0.3) is 0 Å². The van der Waals surface area contributed by atoms with E-state index in [1.165, 1.54) is 202 Å². The van der Waals surface area contributed by atoms with Crippen LogP contribution in [0, 0.1) is 69.2 Å². The number of aromatic nitrogens is 3. The van der Waals surface area contributed by atoms with E-state index in [0.29, 0.717) is 0 Å². The van der Waals surface area contributed by atoms with E-state index < -0.39 is 45.6 Å². The third-order valence-electron chi connectivity index (χ3n) is 27.8. The summed E-state index contributed by atoms with van der Waals surface area (Å²) in [5, 5.41) is 1.66. The molecule has 11 aromatic carbocycles. The highest BCUT2D eigenvalue weighted by Crippen LogP contribution is 2.58. The van der Waals surface area contributed by atoms with Crippen molar-refractivity contribution in [3.63, 3.8) is 0 Å². The second kappa shape index (κ2) is 43.4. The minimum absolute atomic E-state index is 0.122. The van der Waals surface area contributed by atoms with E-state index in [0.717, 1.165) is 61.4 Å². The minimum atomic E-state index is -1.11. The predicted octanol–water partition coefficient (Wildman–Crippen LogP) is 30.0. The molecule has 1 unspecified atom stereocenters. The van der Waals surface area contributed by atoms with E-state index in [9.17, 15) is 4.21 Å². The summed E-state index contributed by atoms with van der Waals surface area (Å²) in [6.07, 6.45) is 25.8. The van der Waals surface area contributed by atoms with Crippen LogP contribution in [0.3, 0.4) is 0 Å². The van der Waals surface area contributed by atoms with Crippen molar-refractivity contribution in [3.05, 3.63) is 340 Å². The first kappa shape index (κ1) is 98.3. The van der Waals surface area contributed by atoms with E-state index in [1.54, 1.807) is 11.5 Å². The zero-order chi connectivity index (χ0) is 93.9. The molecule has 9 nitrogen and oxygen atoms in total. The maximum Gasteiger partial charge on any atom is 0.495 e. The van der Waals surface area contributed by atoms with Crippen LogP contribution in [-0.2, 0) is 43.0 Å². The first-order chi connectivity index (χ1) is 63.3. The summed E-state index contributed by atoms with van der Waals surface area (Å²) in [4.78, 5) is 13.1. The van der Waals surface area contributed by atoms with Gasteiger partial charge >= 0.3 is 14.2 Å². The Kier molecular flexibility index (Phi) is 32.3. The number of aryl methyl sites for hydroxylation is 7. The number of methoxy groups -OCH3 is 1. The molecule has 5 heterocycles. The van der Waals surface area contributed by atoms with Gasteiger partial charge in [-0.2, -0.15) is 17.4 Å². The molecule has 2 saturated carbocycles. The summed E-state index contributed by atoms with van der Waals surface area (Å²) in [5.74, 6) is 1.02. The number of halogens is 1. The highest BCUT2D eigenvalue weighted by atomic mass is 79.9. The van der Waals surface area contributed by atoms with Crippen LogP contribution in [0.1, 0.15) is 175 Å². The molecular weight excluding hydrogens is 1760 g/mol. The van der Waals surface area contributed by atoms with Crippen LogP contribution in [0.15, 0.2) is 284 Å². The average molecular weight is 1890 g/mol. The lowest BCUT2D eigenvalue weighted by Crippen LogP contribution is -2.41. The van der Waals surface area contributed by atoms with E-state index in [2.05, 4.69) is 379 Å². The molecule has 4 fully saturated rings. The second-order valence-corrected chi connectivity index (χ2v) is 45.2. The van der Waals surface area contributed by atoms with Crippen molar-refractivity contribution < 1.29 is 27.6 Å². The van der Waals surface area contributed by atoms with Gasteiger partial charge in [-0.25, -0.2) is 11.2 Å². The Morgan fingerprint density at radius 1 is 0.356 bits per heavy atom. The molecule has 0 N–H and O–H groups in total. The molecule has 132 heavy (non-hydrogen) atoms. The largest absolute Gasteiger partial charge is 0.496 e. The fourth-order valence-electron chi connectivity index (χ4n) is 20.1. The molecule has 0 spiro atoms. The number of ether oxygens (including phenoxy) is 1. The number of hydrogen-bond donors (Lipinski definition) is 0. The van der Waals surface area contributed by atoms with Crippen molar-refractivity contribution in [3.8, 4) is 117 Å². The number of benzene rings is 11. The summed E-state index contributed by atoms with van der Waals surface area (Å²) >= 11 is 7.70. The number of hydrogen-bond acceptors (Lipinski definition) is 11. The van der Waals surface area contributed by atoms with Gasteiger partial charge in [0.05, 0.1) is 29.5 Å². The molecule has 18 rings (SSSR count). The Bertz CT molecular complexity index is 6110. The van der Waals surface area contributed by atoms with Crippen molar-refractivity contribution in [2.75, 3.05) is 7.11 Å². The van der Waals surface area contributed by atoms with Crippen LogP contribution in [0.4, 0.5) is 0 Å². The third kappa shape index (κ3) is 22.0. The molecule has 4 aliphatic rings. The van der Waals surface area contributed by atoms with Crippen LogP contribution in [-0.4, -0.2) is 70.0 Å². The Labute approximate surface area is 805 Å². The molecule has 0 radical (unpaired) electrons. The van der Waals surface area contributed by atoms with Crippen molar-refractivity contribution in [2.45, 2.75) is 223 Å². The fourth-order valence-corrected chi connectivity index (χ4v) is 24.4. The van der Waals surface area contributed by atoms with Gasteiger partial charge in [0.15, 0.2) is 0 Å². The molecule has 2 aliphatic carbocycles. The average Bonchev–Trinajstić information content (AvgIpc) is 1.01. The SMILES string of the molecule is CC1(C)OB(c2cc(-c3ccccc3)c(B3OC(C)(C)C(C)(C)O3)cc2-c2ccccc2)OC1(C)C.COc1cccc(C)c1-c1ccccc1P(C1CCCCC1)C1CCCCC1.Cc1cc(C)c(-c2cc(-c3ccccc3)c(-c3c(C)cc(C)c(-c4cccnc4)c3C)cc2-c2ccccc2)c(C)c1-c1cccnc1.Cc1cc(C)c(-c2cccnc2)c(C)c1Br.O=[S-](P)=S. The van der Waals surface area contributed by atoms with Gasteiger partial charge in [-0.1, -0.05) is 269 Å². The summed E-state index contributed by atoms with van der Waals surface area (Å²) in [6.45, 7) is 38.8. The van der Waals surface area contributed by atoms with Crippen molar-refractivity contribution >= 4 is 82.9 Å². The normalized spacial score (nSPS) is 15.5. The zero-order valence-corrected chi connectivity index (χ0v) is 85.7. The van der Waals surface area contributed by atoms with E-state index in [-0.39, 0.29) is 7.92 Å². The van der Waals surface area contributed by atoms with Gasteiger partial charge in [0, 0.05) is 63.9 Å². The maximum atomic E-state index is 9.33. The summed E-state index contributed by atoms with van der Waals surface area (Å²) < 4.78 is 42.5. The summed E-state index contributed by atoms with van der Waals surface area (Å²) in [6, 6.07) is 87.0. The Morgan fingerprint density at radius 2 is 0.674 bits per heavy atom. The molecule has 2 aliphatic heterocycles. The van der Waals surface area contributed by atoms with Crippen LogP contribution in [0.5, 0.6) is 5.75 Å². The Morgan fingerprint density at radius 3 is 1.02 bits per heavy atom. The molecular formula is C116H127B2BrN3O6P2S2-.